The summed E-state index contributed by atoms with van der Waals surface area (Å²) < 4.78 is 60.4. The van der Waals surface area contributed by atoms with Gasteiger partial charge in [0.25, 0.3) is 0 Å². The average Bonchev–Trinajstić information content (AvgIpc) is 2.82. The Morgan fingerprint density at radius 2 is 0.564 bits per heavy atom. The summed E-state index contributed by atoms with van der Waals surface area (Å²) in [5, 5.41) is 0.491. The topological polar surface area (TPSA) is 78.9 Å². The molecule has 1 fully saturated rings. The van der Waals surface area contributed by atoms with Crippen molar-refractivity contribution in [1.82, 2.24) is 0 Å². The molecule has 1 aliphatic heterocycles. The van der Waals surface area contributed by atoms with E-state index in [1.54, 1.807) is 36.4 Å². The monoisotopic (exact) mass is 588 g/mol. The van der Waals surface area contributed by atoms with E-state index in [0.717, 1.165) is 16.7 Å². The molecular weight excluding hydrogens is 549 g/mol. The van der Waals surface area contributed by atoms with Crippen molar-refractivity contribution in [3.63, 3.8) is 0 Å². The minimum atomic E-state index is -4.35. The molecule has 1 heterocycles. The van der Waals surface area contributed by atoms with E-state index in [-0.39, 0.29) is 32.2 Å². The molecule has 3 aromatic rings. The molecule has 0 aromatic heterocycles. The molecule has 0 radical (unpaired) electrons. The van der Waals surface area contributed by atoms with Crippen LogP contribution in [0.2, 0.25) is 0 Å². The highest BCUT2D eigenvalue weighted by molar-refractivity contribution is 7.87. The van der Waals surface area contributed by atoms with Crippen molar-refractivity contribution in [2.24, 2.45) is 0 Å². The van der Waals surface area contributed by atoms with E-state index in [0.29, 0.717) is 0 Å². The number of benzene rings is 3. The van der Waals surface area contributed by atoms with Crippen LogP contribution in [-0.4, -0.2) is 0 Å². The van der Waals surface area contributed by atoms with Crippen molar-refractivity contribution in [3.8, 4) is 0 Å². The molecule has 39 heavy (non-hydrogen) atoms. The fourth-order valence-electron chi connectivity index (χ4n) is 4.18. The van der Waals surface area contributed by atoms with Crippen LogP contribution in [0.3, 0.4) is 0 Å². The minimum absolute atomic E-state index is 0.140. The number of hydrogen-bond acceptors (Lipinski definition) is 6. The first kappa shape index (κ1) is 30.2. The normalized spacial score (nSPS) is 26.4. The third kappa shape index (κ3) is 6.28. The molecule has 0 atom stereocenters. The molecule has 0 N–H and O–H groups in total. The van der Waals surface area contributed by atoms with E-state index in [1.165, 1.54) is 0 Å². The highest BCUT2D eigenvalue weighted by Crippen LogP contribution is 2.80. The first-order valence-electron chi connectivity index (χ1n) is 13.0. The van der Waals surface area contributed by atoms with Gasteiger partial charge in [0, 0.05) is 0 Å². The van der Waals surface area contributed by atoms with Crippen molar-refractivity contribution in [3.05, 3.63) is 89.5 Å². The Bertz CT molecular complexity index is 1280. The van der Waals surface area contributed by atoms with Crippen LogP contribution in [-0.2, 0) is 42.9 Å². The average molecular weight is 589 g/mol. The predicted octanol–water partition coefficient (Wildman–Crippen LogP) is 8.50. The summed E-state index contributed by atoms with van der Waals surface area (Å²) in [6.45, 7) is 18.6. The SMILES string of the molecule is CC(C)(C)c1ccc(P2(=O)OP(=O)(c3ccc(C(C)(C)C)cc3)OP(=O)(c3ccc(C(C)(C)C)cc3)O2)cc1. The van der Waals surface area contributed by atoms with Crippen molar-refractivity contribution < 1.29 is 26.6 Å². The van der Waals surface area contributed by atoms with Crippen LogP contribution in [0.15, 0.2) is 72.8 Å². The van der Waals surface area contributed by atoms with Crippen molar-refractivity contribution in [1.29, 1.82) is 0 Å². The van der Waals surface area contributed by atoms with Gasteiger partial charge in [-0.25, -0.2) is 12.9 Å². The summed E-state index contributed by atoms with van der Waals surface area (Å²) >= 11 is 0. The summed E-state index contributed by atoms with van der Waals surface area (Å²) in [6, 6.07) is 20.6. The van der Waals surface area contributed by atoms with Gasteiger partial charge in [-0.3, -0.25) is 13.7 Å². The summed E-state index contributed by atoms with van der Waals surface area (Å²) in [5.74, 6) is 0. The maximum Gasteiger partial charge on any atom is 0.376 e. The molecule has 1 saturated heterocycles. The van der Waals surface area contributed by atoms with Crippen LogP contribution in [0.5, 0.6) is 0 Å². The lowest BCUT2D eigenvalue weighted by Gasteiger charge is -2.35. The van der Waals surface area contributed by atoms with Gasteiger partial charge in [0.05, 0.1) is 15.9 Å². The summed E-state index contributed by atoms with van der Waals surface area (Å²) in [4.78, 5) is 0. The zero-order valence-corrected chi connectivity index (χ0v) is 26.9. The zero-order valence-electron chi connectivity index (χ0n) is 24.2. The molecule has 0 bridgehead atoms. The molecule has 1 aliphatic rings. The first-order chi connectivity index (χ1) is 17.8. The molecular formula is C30H39O6P3. The third-order valence-electron chi connectivity index (χ3n) is 6.79. The van der Waals surface area contributed by atoms with Crippen LogP contribution in [0.4, 0.5) is 0 Å². The lowest BCUT2D eigenvalue weighted by atomic mass is 9.87. The highest BCUT2D eigenvalue weighted by atomic mass is 31.3. The predicted molar refractivity (Wildman–Crippen MR) is 160 cm³/mol. The van der Waals surface area contributed by atoms with E-state index in [9.17, 15) is 13.7 Å². The summed E-state index contributed by atoms with van der Waals surface area (Å²) in [6.07, 6.45) is 0. The van der Waals surface area contributed by atoms with Crippen molar-refractivity contribution >= 4 is 38.7 Å². The van der Waals surface area contributed by atoms with Gasteiger partial charge in [0.15, 0.2) is 0 Å². The summed E-state index contributed by atoms with van der Waals surface area (Å²) in [5.41, 5.74) is 2.60. The summed E-state index contributed by atoms with van der Waals surface area (Å²) in [7, 11) is -13.1. The molecule has 0 unspecified atom stereocenters. The van der Waals surface area contributed by atoms with Crippen molar-refractivity contribution in [2.75, 3.05) is 0 Å². The van der Waals surface area contributed by atoms with Gasteiger partial charge in [-0.15, -0.1) is 0 Å². The second-order valence-electron chi connectivity index (χ2n) is 13.1. The van der Waals surface area contributed by atoms with Crippen LogP contribution >= 0.6 is 22.8 Å². The van der Waals surface area contributed by atoms with Gasteiger partial charge in [-0.1, -0.05) is 98.7 Å². The van der Waals surface area contributed by atoms with E-state index in [1.807, 2.05) is 36.4 Å². The van der Waals surface area contributed by atoms with Gasteiger partial charge >= 0.3 is 22.8 Å². The quantitative estimate of drug-likeness (QED) is 0.286. The Hall–Kier alpha value is -1.77. The van der Waals surface area contributed by atoms with Crippen molar-refractivity contribution in [2.45, 2.75) is 78.6 Å². The van der Waals surface area contributed by atoms with E-state index in [2.05, 4.69) is 62.3 Å². The second kappa shape index (κ2) is 9.95. The van der Waals surface area contributed by atoms with Gasteiger partial charge in [-0.05, 0) is 69.3 Å². The molecule has 0 amide bonds. The molecule has 3 aromatic carbocycles. The van der Waals surface area contributed by atoms with Gasteiger partial charge in [0.2, 0.25) is 0 Å². The molecule has 9 heteroatoms. The zero-order chi connectivity index (χ0) is 29.1. The maximum atomic E-state index is 14.4. The van der Waals surface area contributed by atoms with Crippen LogP contribution in [0, 0.1) is 0 Å². The van der Waals surface area contributed by atoms with Crippen LogP contribution in [0.1, 0.15) is 79.0 Å². The number of hydrogen-bond donors (Lipinski definition) is 0. The lowest BCUT2D eigenvalue weighted by Crippen LogP contribution is -2.23. The smallest absolute Gasteiger partial charge is 0.254 e. The van der Waals surface area contributed by atoms with Crippen LogP contribution in [0.25, 0.3) is 0 Å². The first-order valence-corrected chi connectivity index (χ1v) is 17.7. The molecule has 0 aliphatic carbocycles. The highest BCUT2D eigenvalue weighted by Gasteiger charge is 2.55. The Morgan fingerprint density at radius 3 is 0.718 bits per heavy atom. The largest absolute Gasteiger partial charge is 0.376 e. The minimum Gasteiger partial charge on any atom is -0.254 e. The molecule has 210 valence electrons. The third-order valence-corrected chi connectivity index (χ3v) is 14.7. The van der Waals surface area contributed by atoms with Gasteiger partial charge in [-0.2, -0.15) is 0 Å². The standard InChI is InChI=1S/C30H39O6P3/c1-28(2,3)22-10-16-25(17-11-22)37(31)34-38(32,26-18-12-23(13-19-26)29(4,5)6)36-39(33,35-37)27-20-14-24(15-21-27)30(7,8)9/h10-21H,1-9H3. The lowest BCUT2D eigenvalue weighted by molar-refractivity contribution is 0.297. The second-order valence-corrected chi connectivity index (χ2v) is 19.6. The molecule has 0 saturated carbocycles. The fourth-order valence-corrected chi connectivity index (χ4v) is 12.5. The van der Waals surface area contributed by atoms with Gasteiger partial charge < -0.3 is 0 Å². The van der Waals surface area contributed by atoms with Gasteiger partial charge in [0.1, 0.15) is 0 Å². The van der Waals surface area contributed by atoms with E-state index >= 15 is 0 Å². The maximum absolute atomic E-state index is 14.4. The number of rotatable bonds is 3. The Labute approximate surface area is 233 Å². The Morgan fingerprint density at radius 1 is 0.385 bits per heavy atom. The molecule has 0 spiro atoms. The van der Waals surface area contributed by atoms with E-state index in [4.69, 9.17) is 12.9 Å². The van der Waals surface area contributed by atoms with E-state index < -0.39 is 22.8 Å². The molecule has 6 nitrogen and oxygen atoms in total. The Balaban J connectivity index is 1.84. The Kier molecular flexibility index (Phi) is 7.70. The molecule has 4 rings (SSSR count). The van der Waals surface area contributed by atoms with Crippen LogP contribution < -0.4 is 15.9 Å². The fraction of sp³-hybridized carbons (Fsp3) is 0.400.